The van der Waals surface area contributed by atoms with E-state index in [1.807, 2.05) is 31.2 Å². The fourth-order valence-corrected chi connectivity index (χ4v) is 1.95. The molecule has 2 aromatic rings. The summed E-state index contributed by atoms with van der Waals surface area (Å²) in [6.45, 7) is 1.87. The number of anilines is 1. The maximum atomic E-state index is 11.9. The van der Waals surface area contributed by atoms with Gasteiger partial charge < -0.3 is 20.6 Å². The van der Waals surface area contributed by atoms with Crippen molar-refractivity contribution in [1.29, 1.82) is 0 Å². The Bertz CT molecular complexity index is 697. The topological polar surface area (TPSA) is 85.9 Å². The summed E-state index contributed by atoms with van der Waals surface area (Å²) in [4.78, 5) is 11.9. The quantitative estimate of drug-likeness (QED) is 0.487. The minimum atomic E-state index is -0.247. The van der Waals surface area contributed by atoms with Gasteiger partial charge in [0.15, 0.2) is 18.1 Å². The lowest BCUT2D eigenvalue weighted by Gasteiger charge is -2.11. The highest BCUT2D eigenvalue weighted by Crippen LogP contribution is 2.27. The number of carbonyl (C=O) groups is 1. The van der Waals surface area contributed by atoms with Gasteiger partial charge in [-0.05, 0) is 42.8 Å². The fraction of sp³-hybridized carbons (Fsp3) is 0.176. The molecule has 120 valence electrons. The molecular weight excluding hydrogens is 294 g/mol. The smallest absolute Gasteiger partial charge is 0.262 e. The van der Waals surface area contributed by atoms with Crippen LogP contribution in [0.3, 0.4) is 0 Å². The summed E-state index contributed by atoms with van der Waals surface area (Å²) >= 11 is 0. The Morgan fingerprint density at radius 3 is 2.61 bits per heavy atom. The van der Waals surface area contributed by atoms with E-state index in [-0.39, 0.29) is 12.5 Å². The van der Waals surface area contributed by atoms with Gasteiger partial charge in [-0.3, -0.25) is 4.79 Å². The lowest BCUT2D eigenvalue weighted by molar-refractivity contribution is -0.118. The Morgan fingerprint density at radius 1 is 1.22 bits per heavy atom. The maximum absolute atomic E-state index is 11.9. The van der Waals surface area contributed by atoms with Crippen LogP contribution in [0.25, 0.3) is 0 Å². The van der Waals surface area contributed by atoms with Gasteiger partial charge in [0.25, 0.3) is 5.91 Å². The van der Waals surface area contributed by atoms with Crippen LogP contribution in [-0.4, -0.2) is 25.8 Å². The zero-order chi connectivity index (χ0) is 16.7. The number of carbonyl (C=O) groups excluding carboxylic acids is 1. The third-order valence-corrected chi connectivity index (χ3v) is 3.11. The number of hydrazone groups is 1. The second-order valence-electron chi connectivity index (χ2n) is 4.89. The molecule has 0 fully saturated rings. The molecule has 1 amide bonds. The van der Waals surface area contributed by atoms with Crippen LogP contribution in [0.1, 0.15) is 11.1 Å². The Labute approximate surface area is 134 Å². The van der Waals surface area contributed by atoms with Crippen LogP contribution < -0.4 is 20.6 Å². The minimum Gasteiger partial charge on any atom is -0.493 e. The van der Waals surface area contributed by atoms with E-state index in [2.05, 4.69) is 10.4 Å². The highest BCUT2D eigenvalue weighted by Gasteiger charge is 2.08. The molecule has 0 saturated heterocycles. The van der Waals surface area contributed by atoms with E-state index in [9.17, 15) is 4.79 Å². The van der Waals surface area contributed by atoms with Crippen LogP contribution in [0.15, 0.2) is 47.6 Å². The van der Waals surface area contributed by atoms with Crippen molar-refractivity contribution in [2.24, 2.45) is 10.9 Å². The molecule has 0 bridgehead atoms. The van der Waals surface area contributed by atoms with Crippen molar-refractivity contribution in [2.75, 3.05) is 19.0 Å². The van der Waals surface area contributed by atoms with Gasteiger partial charge in [0.05, 0.1) is 13.3 Å². The van der Waals surface area contributed by atoms with Gasteiger partial charge >= 0.3 is 0 Å². The van der Waals surface area contributed by atoms with E-state index in [1.54, 1.807) is 18.2 Å². The van der Waals surface area contributed by atoms with Crippen LogP contribution in [0.5, 0.6) is 11.5 Å². The number of amides is 1. The summed E-state index contributed by atoms with van der Waals surface area (Å²) in [5, 5.41) is 6.22. The number of benzene rings is 2. The van der Waals surface area contributed by atoms with Gasteiger partial charge in [-0.25, -0.2) is 0 Å². The largest absolute Gasteiger partial charge is 0.493 e. The number of nitrogens with two attached hydrogens (primary N) is 1. The van der Waals surface area contributed by atoms with Crippen molar-refractivity contribution < 1.29 is 14.3 Å². The molecule has 0 atom stereocenters. The monoisotopic (exact) mass is 313 g/mol. The fourth-order valence-electron chi connectivity index (χ4n) is 1.95. The summed E-state index contributed by atoms with van der Waals surface area (Å²) < 4.78 is 10.7. The lowest BCUT2D eigenvalue weighted by Crippen LogP contribution is -2.20. The van der Waals surface area contributed by atoms with Crippen LogP contribution in [0, 0.1) is 6.92 Å². The second-order valence-corrected chi connectivity index (χ2v) is 4.89. The predicted octanol–water partition coefficient (Wildman–Crippen LogP) is 2.31. The molecule has 0 heterocycles. The summed E-state index contributed by atoms with van der Waals surface area (Å²) in [5.74, 6) is 5.85. The molecule has 6 heteroatoms. The Balaban J connectivity index is 1.97. The number of hydrogen-bond acceptors (Lipinski definition) is 5. The van der Waals surface area contributed by atoms with E-state index in [4.69, 9.17) is 15.3 Å². The SMILES string of the molecule is COc1cc(C=NN)ccc1OCC(=O)Nc1ccc(C)cc1. The Hall–Kier alpha value is -3.02. The standard InChI is InChI=1S/C17H19N3O3/c1-12-3-6-14(7-4-12)20-17(21)11-23-15-8-5-13(10-19-18)9-16(15)22-2/h3-10H,11,18H2,1-2H3,(H,20,21). The molecule has 6 nitrogen and oxygen atoms in total. The molecule has 0 aliphatic rings. The molecule has 2 aromatic carbocycles. The lowest BCUT2D eigenvalue weighted by atomic mass is 10.2. The number of nitrogens with zero attached hydrogens (tertiary/aromatic N) is 1. The van der Waals surface area contributed by atoms with Gasteiger partial charge in [-0.2, -0.15) is 5.10 Å². The van der Waals surface area contributed by atoms with E-state index >= 15 is 0 Å². The first-order valence-corrected chi connectivity index (χ1v) is 7.03. The molecular formula is C17H19N3O3. The average Bonchev–Trinajstić information content (AvgIpc) is 2.56. The number of ether oxygens (including phenoxy) is 2. The third-order valence-electron chi connectivity index (χ3n) is 3.11. The number of methoxy groups -OCH3 is 1. The van der Waals surface area contributed by atoms with Crippen LogP contribution in [0.4, 0.5) is 5.69 Å². The number of rotatable bonds is 6. The summed E-state index contributed by atoms with van der Waals surface area (Å²) in [6, 6.07) is 12.7. The highest BCUT2D eigenvalue weighted by molar-refractivity contribution is 5.91. The van der Waals surface area contributed by atoms with Crippen molar-refractivity contribution in [3.63, 3.8) is 0 Å². The van der Waals surface area contributed by atoms with Crippen molar-refractivity contribution in [1.82, 2.24) is 0 Å². The van der Waals surface area contributed by atoms with Gasteiger partial charge in [0.1, 0.15) is 0 Å². The molecule has 0 aliphatic heterocycles. The molecule has 0 spiro atoms. The van der Waals surface area contributed by atoms with Gasteiger partial charge in [-0.15, -0.1) is 0 Å². The number of aryl methyl sites for hydroxylation is 1. The Morgan fingerprint density at radius 2 is 1.96 bits per heavy atom. The predicted molar refractivity (Wildman–Crippen MR) is 90.1 cm³/mol. The molecule has 23 heavy (non-hydrogen) atoms. The molecule has 0 aromatic heterocycles. The van der Waals surface area contributed by atoms with Gasteiger partial charge in [0, 0.05) is 5.69 Å². The van der Waals surface area contributed by atoms with Crippen LogP contribution in [0.2, 0.25) is 0 Å². The second kappa shape index (κ2) is 7.84. The Kier molecular flexibility index (Phi) is 5.57. The maximum Gasteiger partial charge on any atom is 0.262 e. The summed E-state index contributed by atoms with van der Waals surface area (Å²) in [6.07, 6.45) is 1.50. The molecule has 0 aliphatic carbocycles. The molecule has 3 N–H and O–H groups in total. The minimum absolute atomic E-state index is 0.117. The third kappa shape index (κ3) is 4.74. The number of nitrogens with one attached hydrogen (secondary N) is 1. The normalized spacial score (nSPS) is 10.5. The zero-order valence-corrected chi connectivity index (χ0v) is 13.1. The van der Waals surface area contributed by atoms with E-state index in [1.165, 1.54) is 13.3 Å². The van der Waals surface area contributed by atoms with E-state index in [0.717, 1.165) is 16.8 Å². The highest BCUT2D eigenvalue weighted by atomic mass is 16.5. The average molecular weight is 313 g/mol. The molecule has 0 unspecified atom stereocenters. The van der Waals surface area contributed by atoms with Crippen molar-refractivity contribution in [3.8, 4) is 11.5 Å². The van der Waals surface area contributed by atoms with Crippen LogP contribution >= 0.6 is 0 Å². The summed E-state index contributed by atoms with van der Waals surface area (Å²) in [5.41, 5.74) is 2.64. The molecule has 2 rings (SSSR count). The van der Waals surface area contributed by atoms with Crippen molar-refractivity contribution in [3.05, 3.63) is 53.6 Å². The first-order valence-electron chi connectivity index (χ1n) is 7.03. The van der Waals surface area contributed by atoms with Crippen molar-refractivity contribution in [2.45, 2.75) is 6.92 Å². The molecule has 0 radical (unpaired) electrons. The summed E-state index contributed by atoms with van der Waals surface area (Å²) in [7, 11) is 1.53. The van der Waals surface area contributed by atoms with Gasteiger partial charge in [0.2, 0.25) is 0 Å². The molecule has 0 saturated carbocycles. The van der Waals surface area contributed by atoms with E-state index in [0.29, 0.717) is 11.5 Å². The first-order chi connectivity index (χ1) is 11.1. The number of hydrogen-bond donors (Lipinski definition) is 2. The first kappa shape index (κ1) is 16.4. The van der Waals surface area contributed by atoms with Gasteiger partial charge in [-0.1, -0.05) is 17.7 Å². The van der Waals surface area contributed by atoms with Crippen LogP contribution in [-0.2, 0) is 4.79 Å². The van der Waals surface area contributed by atoms with Crippen molar-refractivity contribution >= 4 is 17.8 Å². The zero-order valence-electron chi connectivity index (χ0n) is 13.1. The van der Waals surface area contributed by atoms with E-state index < -0.39 is 0 Å².